The molecule has 0 fully saturated rings. The third-order valence-electron chi connectivity index (χ3n) is 2.90. The fourth-order valence-corrected chi connectivity index (χ4v) is 1.90. The van der Waals surface area contributed by atoms with E-state index in [9.17, 15) is 4.39 Å². The van der Waals surface area contributed by atoms with Crippen LogP contribution in [-0.2, 0) is 0 Å². The van der Waals surface area contributed by atoms with Crippen LogP contribution >= 0.6 is 11.6 Å². The van der Waals surface area contributed by atoms with Crippen LogP contribution in [0.2, 0.25) is 5.28 Å². The lowest BCUT2D eigenvalue weighted by molar-refractivity contribution is 0.312. The summed E-state index contributed by atoms with van der Waals surface area (Å²) in [5.41, 5.74) is 1.39. The average Bonchev–Trinajstić information content (AvgIpc) is 2.41. The van der Waals surface area contributed by atoms with Crippen LogP contribution in [0.3, 0.4) is 0 Å². The summed E-state index contributed by atoms with van der Waals surface area (Å²) in [6, 6.07) is 5.03. The number of nitrogens with zero attached hydrogens (tertiary/aromatic N) is 3. The number of aryl methyl sites for hydroxylation is 1. The van der Waals surface area contributed by atoms with Crippen LogP contribution in [0, 0.1) is 12.7 Å². The summed E-state index contributed by atoms with van der Waals surface area (Å²) in [6.45, 7) is 5.85. The largest absolute Gasteiger partial charge is 0.464 e. The monoisotopic (exact) mass is 310 g/mol. The van der Waals surface area contributed by atoms with E-state index in [4.69, 9.17) is 16.3 Å². The van der Waals surface area contributed by atoms with E-state index in [1.165, 1.54) is 6.07 Å². The van der Waals surface area contributed by atoms with Gasteiger partial charge in [-0.25, -0.2) is 4.39 Å². The number of hydrogen-bond donors (Lipinski definition) is 1. The van der Waals surface area contributed by atoms with E-state index >= 15 is 0 Å². The standard InChI is InChI=1S/C14H16ClFN4O/c1-4-21-14-19-12(15)18-13(20-14)17-9(3)10-6-5-8(2)11(16)7-10/h5-7,9H,4H2,1-3H3,(H,17,18,19,20). The summed E-state index contributed by atoms with van der Waals surface area (Å²) >= 11 is 5.82. The molecular weight excluding hydrogens is 295 g/mol. The second kappa shape index (κ2) is 6.67. The normalized spacial score (nSPS) is 12.0. The highest BCUT2D eigenvalue weighted by atomic mass is 35.5. The molecule has 1 aromatic carbocycles. The van der Waals surface area contributed by atoms with Crippen molar-refractivity contribution in [2.75, 3.05) is 11.9 Å². The maximum Gasteiger partial charge on any atom is 0.322 e. The van der Waals surface area contributed by atoms with E-state index in [1.807, 2.05) is 19.9 Å². The van der Waals surface area contributed by atoms with Crippen LogP contribution in [0.1, 0.15) is 31.0 Å². The Labute approximate surface area is 127 Å². The van der Waals surface area contributed by atoms with E-state index < -0.39 is 0 Å². The molecule has 2 rings (SSSR count). The first-order valence-corrected chi connectivity index (χ1v) is 6.94. The first kappa shape index (κ1) is 15.4. The van der Waals surface area contributed by atoms with Crippen LogP contribution in [-0.4, -0.2) is 21.6 Å². The highest BCUT2D eigenvalue weighted by Gasteiger charge is 2.11. The number of hydrogen-bond acceptors (Lipinski definition) is 5. The molecule has 0 saturated heterocycles. The molecule has 5 nitrogen and oxygen atoms in total. The van der Waals surface area contributed by atoms with Gasteiger partial charge in [-0.1, -0.05) is 12.1 Å². The lowest BCUT2D eigenvalue weighted by Gasteiger charge is -2.15. The van der Waals surface area contributed by atoms with E-state index in [1.54, 1.807) is 13.0 Å². The highest BCUT2D eigenvalue weighted by molar-refractivity contribution is 6.28. The lowest BCUT2D eigenvalue weighted by atomic mass is 10.1. The summed E-state index contributed by atoms with van der Waals surface area (Å²) in [6.07, 6.45) is 0. The van der Waals surface area contributed by atoms with Crippen LogP contribution in [0.25, 0.3) is 0 Å². The van der Waals surface area contributed by atoms with Crippen LogP contribution in [0.15, 0.2) is 18.2 Å². The van der Waals surface area contributed by atoms with Gasteiger partial charge in [0.25, 0.3) is 0 Å². The molecule has 112 valence electrons. The molecule has 7 heteroatoms. The predicted molar refractivity (Wildman–Crippen MR) is 79.2 cm³/mol. The number of benzene rings is 1. The SMILES string of the molecule is CCOc1nc(Cl)nc(NC(C)c2ccc(C)c(F)c2)n1. The van der Waals surface area contributed by atoms with Gasteiger partial charge in [0.2, 0.25) is 11.2 Å². The quantitative estimate of drug-likeness (QED) is 0.915. The molecular formula is C14H16ClFN4O. The highest BCUT2D eigenvalue weighted by Crippen LogP contribution is 2.21. The predicted octanol–water partition coefficient (Wildman–Crippen LogP) is 3.54. The van der Waals surface area contributed by atoms with Crippen molar-refractivity contribution in [2.45, 2.75) is 26.8 Å². The zero-order valence-electron chi connectivity index (χ0n) is 12.0. The molecule has 0 aliphatic heterocycles. The van der Waals surface area contributed by atoms with Crippen molar-refractivity contribution in [2.24, 2.45) is 0 Å². The molecule has 0 bridgehead atoms. The fourth-order valence-electron chi connectivity index (χ4n) is 1.75. The van der Waals surface area contributed by atoms with E-state index in [-0.39, 0.29) is 29.1 Å². The van der Waals surface area contributed by atoms with Crippen LogP contribution in [0.5, 0.6) is 6.01 Å². The first-order valence-electron chi connectivity index (χ1n) is 6.56. The van der Waals surface area contributed by atoms with Crippen molar-refractivity contribution in [3.05, 3.63) is 40.4 Å². The van der Waals surface area contributed by atoms with E-state index in [2.05, 4.69) is 20.3 Å². The lowest BCUT2D eigenvalue weighted by Crippen LogP contribution is -2.11. The minimum Gasteiger partial charge on any atom is -0.464 e. The van der Waals surface area contributed by atoms with Gasteiger partial charge in [-0.05, 0) is 49.6 Å². The third kappa shape index (κ3) is 4.01. The Morgan fingerprint density at radius 1 is 1.33 bits per heavy atom. The second-order valence-corrected chi connectivity index (χ2v) is 4.86. The molecule has 1 heterocycles. The van der Waals surface area contributed by atoms with Crippen molar-refractivity contribution in [1.82, 2.24) is 15.0 Å². The minimum atomic E-state index is -0.246. The summed E-state index contributed by atoms with van der Waals surface area (Å²) in [4.78, 5) is 11.9. The van der Waals surface area contributed by atoms with Gasteiger partial charge in [-0.3, -0.25) is 0 Å². The van der Waals surface area contributed by atoms with Gasteiger partial charge in [0.05, 0.1) is 12.6 Å². The molecule has 0 saturated carbocycles. The minimum absolute atomic E-state index is 0.0400. The molecule has 2 aromatic rings. The Morgan fingerprint density at radius 2 is 2.10 bits per heavy atom. The number of aromatic nitrogens is 3. The molecule has 1 atom stereocenters. The smallest absolute Gasteiger partial charge is 0.322 e. The second-order valence-electron chi connectivity index (χ2n) is 4.52. The maximum atomic E-state index is 13.6. The molecule has 0 aliphatic rings. The molecule has 0 spiro atoms. The summed E-state index contributed by atoms with van der Waals surface area (Å²) < 4.78 is 18.8. The number of anilines is 1. The molecule has 1 unspecified atom stereocenters. The number of halogens is 2. The third-order valence-corrected chi connectivity index (χ3v) is 3.07. The number of rotatable bonds is 5. The zero-order chi connectivity index (χ0) is 15.4. The van der Waals surface area contributed by atoms with Crippen LogP contribution < -0.4 is 10.1 Å². The molecule has 0 aliphatic carbocycles. The zero-order valence-corrected chi connectivity index (χ0v) is 12.8. The van der Waals surface area contributed by atoms with Crippen molar-refractivity contribution in [3.8, 4) is 6.01 Å². The summed E-state index contributed by atoms with van der Waals surface area (Å²) in [5.74, 6) is 0.0387. The van der Waals surface area contributed by atoms with E-state index in [0.717, 1.165) is 5.56 Å². The van der Waals surface area contributed by atoms with Crippen molar-refractivity contribution < 1.29 is 9.13 Å². The van der Waals surface area contributed by atoms with Crippen molar-refractivity contribution in [1.29, 1.82) is 0 Å². The van der Waals surface area contributed by atoms with Crippen molar-refractivity contribution >= 4 is 17.5 Å². The molecule has 21 heavy (non-hydrogen) atoms. The Balaban J connectivity index is 2.18. The Hall–Kier alpha value is -1.95. The first-order chi connectivity index (χ1) is 9.99. The fraction of sp³-hybridized carbons (Fsp3) is 0.357. The summed E-state index contributed by atoms with van der Waals surface area (Å²) in [7, 11) is 0. The van der Waals surface area contributed by atoms with Gasteiger partial charge in [0.1, 0.15) is 5.82 Å². The topological polar surface area (TPSA) is 59.9 Å². The van der Waals surface area contributed by atoms with Gasteiger partial charge >= 0.3 is 6.01 Å². The molecule has 1 N–H and O–H groups in total. The van der Waals surface area contributed by atoms with Crippen molar-refractivity contribution in [3.63, 3.8) is 0 Å². The van der Waals surface area contributed by atoms with Gasteiger partial charge in [-0.2, -0.15) is 15.0 Å². The summed E-state index contributed by atoms with van der Waals surface area (Å²) in [5, 5.41) is 3.09. The van der Waals surface area contributed by atoms with Gasteiger partial charge in [-0.15, -0.1) is 0 Å². The Morgan fingerprint density at radius 3 is 2.76 bits per heavy atom. The Kier molecular flexibility index (Phi) is 4.90. The number of nitrogens with one attached hydrogen (secondary N) is 1. The Bertz CT molecular complexity index is 638. The molecule has 0 amide bonds. The maximum absolute atomic E-state index is 13.6. The molecule has 0 radical (unpaired) electrons. The van der Waals surface area contributed by atoms with Gasteiger partial charge < -0.3 is 10.1 Å². The molecule has 1 aromatic heterocycles. The van der Waals surface area contributed by atoms with E-state index in [0.29, 0.717) is 12.2 Å². The van der Waals surface area contributed by atoms with Crippen LogP contribution in [0.4, 0.5) is 10.3 Å². The number of ether oxygens (including phenoxy) is 1. The van der Waals surface area contributed by atoms with Gasteiger partial charge in [0, 0.05) is 0 Å². The average molecular weight is 311 g/mol. The van der Waals surface area contributed by atoms with Gasteiger partial charge in [0.15, 0.2) is 0 Å².